The highest BCUT2D eigenvalue weighted by molar-refractivity contribution is 5.67. The van der Waals surface area contributed by atoms with E-state index in [1.165, 1.54) is 17.2 Å². The van der Waals surface area contributed by atoms with Crippen LogP contribution in [0.25, 0.3) is 21.9 Å². The molecule has 0 fully saturated rings. The lowest BCUT2D eigenvalue weighted by molar-refractivity contribution is 0.634. The van der Waals surface area contributed by atoms with Crippen molar-refractivity contribution in [1.82, 2.24) is 9.55 Å². The molecule has 0 aliphatic rings. The van der Waals surface area contributed by atoms with Gasteiger partial charge in [0.15, 0.2) is 0 Å². The number of hydrogen-bond donors (Lipinski definition) is 0. The summed E-state index contributed by atoms with van der Waals surface area (Å²) in [6, 6.07) is 11.0. The second-order valence-corrected chi connectivity index (χ2v) is 6.99. The van der Waals surface area contributed by atoms with Crippen LogP contribution >= 0.6 is 0 Å². The summed E-state index contributed by atoms with van der Waals surface area (Å²) in [7, 11) is 0. The lowest BCUT2D eigenvalue weighted by Crippen LogP contribution is -2.07. The van der Waals surface area contributed by atoms with Gasteiger partial charge in [-0.1, -0.05) is 52.0 Å². The van der Waals surface area contributed by atoms with Gasteiger partial charge in [0, 0.05) is 18.0 Å². The van der Waals surface area contributed by atoms with Crippen LogP contribution in [-0.2, 0) is 0 Å². The van der Waals surface area contributed by atoms with Gasteiger partial charge in [0.2, 0.25) is 5.69 Å². The van der Waals surface area contributed by atoms with E-state index in [1.54, 1.807) is 18.3 Å². The van der Waals surface area contributed by atoms with E-state index < -0.39 is 5.82 Å². The third kappa shape index (κ3) is 3.13. The fourth-order valence-corrected chi connectivity index (χ4v) is 3.22. The Balaban J connectivity index is 2.26. The molecule has 132 valence electrons. The van der Waals surface area contributed by atoms with Crippen LogP contribution in [-0.4, -0.2) is 9.55 Å². The smallest absolute Gasteiger partial charge is 0.222 e. The summed E-state index contributed by atoms with van der Waals surface area (Å²) >= 11 is 0. The second-order valence-electron chi connectivity index (χ2n) is 6.99. The van der Waals surface area contributed by atoms with Crippen molar-refractivity contribution in [1.29, 1.82) is 0 Å². The third-order valence-electron chi connectivity index (χ3n) is 4.55. The molecule has 0 aliphatic carbocycles. The minimum absolute atomic E-state index is 0.0123. The molecule has 0 radical (unpaired) electrons. The van der Waals surface area contributed by atoms with Crippen molar-refractivity contribution in [2.45, 2.75) is 39.5 Å². The highest BCUT2D eigenvalue weighted by Gasteiger charge is 2.19. The predicted molar refractivity (Wildman–Crippen MR) is 103 cm³/mol. The molecule has 0 saturated heterocycles. The number of rotatable bonds is 4. The molecule has 3 aromatic rings. The normalized spacial score (nSPS) is 11.2. The Labute approximate surface area is 154 Å². The first-order valence-corrected chi connectivity index (χ1v) is 8.78. The van der Waals surface area contributed by atoms with Crippen molar-refractivity contribution in [2.24, 2.45) is 0 Å². The summed E-state index contributed by atoms with van der Waals surface area (Å²) in [4.78, 5) is 7.78. The van der Waals surface area contributed by atoms with Gasteiger partial charge in [-0.2, -0.15) is 0 Å². The van der Waals surface area contributed by atoms with Crippen molar-refractivity contribution >= 4 is 5.69 Å². The lowest BCUT2D eigenvalue weighted by atomic mass is 9.92. The Morgan fingerprint density at radius 1 is 1.04 bits per heavy atom. The zero-order chi connectivity index (χ0) is 18.8. The van der Waals surface area contributed by atoms with Crippen LogP contribution in [0, 0.1) is 12.4 Å². The Morgan fingerprint density at radius 2 is 1.69 bits per heavy atom. The summed E-state index contributed by atoms with van der Waals surface area (Å²) in [6.07, 6.45) is 3.68. The number of para-hydroxylation sites is 1. The van der Waals surface area contributed by atoms with Gasteiger partial charge < -0.3 is 0 Å². The zero-order valence-electron chi connectivity index (χ0n) is 15.5. The van der Waals surface area contributed by atoms with Gasteiger partial charge in [0.1, 0.15) is 11.6 Å². The first-order chi connectivity index (χ1) is 12.4. The fourth-order valence-electron chi connectivity index (χ4n) is 3.22. The Morgan fingerprint density at radius 3 is 2.27 bits per heavy atom. The summed E-state index contributed by atoms with van der Waals surface area (Å²) < 4.78 is 15.8. The quantitative estimate of drug-likeness (QED) is 0.495. The third-order valence-corrected chi connectivity index (χ3v) is 4.55. The maximum atomic E-state index is 13.7. The number of aromatic nitrogens is 2. The summed E-state index contributed by atoms with van der Waals surface area (Å²) in [6.45, 7) is 15.9. The average molecular weight is 347 g/mol. The second kappa shape index (κ2) is 7.13. The van der Waals surface area contributed by atoms with Crippen LogP contribution in [0.2, 0.25) is 0 Å². The fraction of sp³-hybridized carbons (Fsp3) is 0.273. The molecule has 0 N–H and O–H groups in total. The van der Waals surface area contributed by atoms with Gasteiger partial charge in [-0.25, -0.2) is 14.2 Å². The molecular formula is C22H22FN3. The summed E-state index contributed by atoms with van der Waals surface area (Å²) in [5.74, 6) is 0.911. The Hall–Kier alpha value is -2.93. The highest BCUT2D eigenvalue weighted by atomic mass is 19.1. The van der Waals surface area contributed by atoms with Crippen LogP contribution in [0.1, 0.15) is 50.7 Å². The van der Waals surface area contributed by atoms with Crippen molar-refractivity contribution < 1.29 is 4.39 Å². The molecule has 3 nitrogen and oxygen atoms in total. The SMILES string of the molecule is [C-]#[N+]c1cc(-c2nccn2-c2c(C(C)C)cccc2C(C)C)ccc1F. The van der Waals surface area contributed by atoms with E-state index in [4.69, 9.17) is 6.57 Å². The van der Waals surface area contributed by atoms with E-state index >= 15 is 0 Å². The molecule has 0 saturated carbocycles. The van der Waals surface area contributed by atoms with Crippen LogP contribution in [0.4, 0.5) is 10.1 Å². The van der Waals surface area contributed by atoms with E-state index in [0.717, 1.165) is 11.3 Å². The van der Waals surface area contributed by atoms with Gasteiger partial charge in [-0.3, -0.25) is 4.57 Å². The van der Waals surface area contributed by atoms with Gasteiger partial charge in [-0.15, -0.1) is 0 Å². The molecule has 1 aromatic heterocycles. The van der Waals surface area contributed by atoms with E-state index in [-0.39, 0.29) is 5.69 Å². The van der Waals surface area contributed by atoms with Gasteiger partial charge >= 0.3 is 0 Å². The molecule has 1 heterocycles. The minimum Gasteiger partial charge on any atom is -0.299 e. The zero-order valence-corrected chi connectivity index (χ0v) is 15.5. The van der Waals surface area contributed by atoms with Crippen molar-refractivity contribution in [3.05, 3.63) is 77.2 Å². The molecule has 0 atom stereocenters. The predicted octanol–water partition coefficient (Wildman–Crippen LogP) is 6.48. The molecule has 26 heavy (non-hydrogen) atoms. The first-order valence-electron chi connectivity index (χ1n) is 8.78. The number of imidazole rings is 1. The van der Waals surface area contributed by atoms with E-state index in [1.807, 2.05) is 6.20 Å². The molecule has 0 amide bonds. The summed E-state index contributed by atoms with van der Waals surface area (Å²) in [5.41, 5.74) is 4.35. The maximum absolute atomic E-state index is 13.7. The van der Waals surface area contributed by atoms with Crippen LogP contribution in [0.5, 0.6) is 0 Å². The number of hydrogen-bond acceptors (Lipinski definition) is 1. The molecule has 4 heteroatoms. The first kappa shape index (κ1) is 17.9. The Bertz CT molecular complexity index is 951. The molecule has 3 rings (SSSR count). The van der Waals surface area contributed by atoms with Gasteiger partial charge in [-0.05, 0) is 35.1 Å². The molecule has 2 aromatic carbocycles. The largest absolute Gasteiger partial charge is 0.299 e. The molecular weight excluding hydrogens is 325 g/mol. The minimum atomic E-state index is -0.507. The number of nitrogens with zero attached hydrogens (tertiary/aromatic N) is 3. The van der Waals surface area contributed by atoms with Crippen molar-refractivity contribution in [3.8, 4) is 17.1 Å². The average Bonchev–Trinajstić information content (AvgIpc) is 3.10. The van der Waals surface area contributed by atoms with Crippen LogP contribution in [0.15, 0.2) is 48.8 Å². The van der Waals surface area contributed by atoms with E-state index in [2.05, 4.69) is 60.3 Å². The molecule has 0 aliphatic heterocycles. The van der Waals surface area contributed by atoms with Crippen LogP contribution < -0.4 is 0 Å². The van der Waals surface area contributed by atoms with Crippen molar-refractivity contribution in [3.63, 3.8) is 0 Å². The molecule has 0 spiro atoms. The van der Waals surface area contributed by atoms with E-state index in [9.17, 15) is 4.39 Å². The lowest BCUT2D eigenvalue weighted by Gasteiger charge is -2.21. The Kier molecular flexibility index (Phi) is 4.90. The number of halogens is 1. The monoisotopic (exact) mass is 347 g/mol. The van der Waals surface area contributed by atoms with E-state index in [0.29, 0.717) is 17.7 Å². The standard InChI is InChI=1S/C22H22FN3/c1-14(2)17-7-6-8-18(15(3)4)21(17)26-12-11-25-22(26)16-9-10-19(23)20(13-16)24-5/h6-15H,1-4H3. The topological polar surface area (TPSA) is 22.2 Å². The maximum Gasteiger partial charge on any atom is 0.222 e. The number of benzene rings is 2. The van der Waals surface area contributed by atoms with Crippen molar-refractivity contribution in [2.75, 3.05) is 0 Å². The summed E-state index contributed by atoms with van der Waals surface area (Å²) in [5, 5.41) is 0. The highest BCUT2D eigenvalue weighted by Crippen LogP contribution is 2.34. The van der Waals surface area contributed by atoms with Gasteiger partial charge in [0.05, 0.1) is 12.3 Å². The van der Waals surface area contributed by atoms with Crippen LogP contribution in [0.3, 0.4) is 0 Å². The van der Waals surface area contributed by atoms with Gasteiger partial charge in [0.25, 0.3) is 0 Å². The molecule has 0 unspecified atom stereocenters. The molecule has 0 bridgehead atoms.